The molecule has 2 saturated heterocycles. The van der Waals surface area contributed by atoms with Crippen molar-refractivity contribution in [1.82, 2.24) is 5.32 Å². The summed E-state index contributed by atoms with van der Waals surface area (Å²) in [5, 5.41) is 12.3. The van der Waals surface area contributed by atoms with Crippen molar-refractivity contribution >= 4 is 12.4 Å². The van der Waals surface area contributed by atoms with E-state index >= 15 is 0 Å². The molecule has 1 atom stereocenters. The molecule has 13 heavy (non-hydrogen) atoms. The SMILES string of the molecule is Cl.OCC1CC2(CCOCC2)CN1. The number of nitrogens with one attached hydrogen (secondary N) is 1. The molecule has 0 aromatic heterocycles. The summed E-state index contributed by atoms with van der Waals surface area (Å²) in [7, 11) is 0. The first-order chi connectivity index (χ1) is 5.85. The molecule has 3 nitrogen and oxygen atoms in total. The zero-order valence-corrected chi connectivity index (χ0v) is 8.61. The smallest absolute Gasteiger partial charge is 0.0584 e. The Bertz CT molecular complexity index is 160. The van der Waals surface area contributed by atoms with E-state index in [0.29, 0.717) is 11.5 Å². The Morgan fingerprint density at radius 3 is 2.62 bits per heavy atom. The summed E-state index contributed by atoms with van der Waals surface area (Å²) in [6, 6.07) is 0.336. The lowest BCUT2D eigenvalue weighted by atomic mass is 9.78. The zero-order valence-electron chi connectivity index (χ0n) is 7.79. The first kappa shape index (κ1) is 11.2. The Balaban J connectivity index is 0.000000845. The fourth-order valence-corrected chi connectivity index (χ4v) is 2.34. The largest absolute Gasteiger partial charge is 0.395 e. The summed E-state index contributed by atoms with van der Waals surface area (Å²) >= 11 is 0. The molecule has 2 heterocycles. The highest BCUT2D eigenvalue weighted by molar-refractivity contribution is 5.85. The molecule has 2 aliphatic rings. The molecule has 2 rings (SSSR count). The van der Waals surface area contributed by atoms with Gasteiger partial charge in [-0.1, -0.05) is 0 Å². The quantitative estimate of drug-likeness (QED) is 0.660. The first-order valence-electron chi connectivity index (χ1n) is 4.77. The van der Waals surface area contributed by atoms with Gasteiger partial charge in [0.2, 0.25) is 0 Å². The second-order valence-electron chi connectivity index (χ2n) is 4.08. The maximum atomic E-state index is 8.99. The minimum absolute atomic E-state index is 0. The van der Waals surface area contributed by atoms with Gasteiger partial charge in [-0.2, -0.15) is 0 Å². The maximum Gasteiger partial charge on any atom is 0.0584 e. The molecule has 1 spiro atoms. The minimum Gasteiger partial charge on any atom is -0.395 e. The summed E-state index contributed by atoms with van der Waals surface area (Å²) in [5.41, 5.74) is 0.450. The van der Waals surface area contributed by atoms with Crippen molar-refractivity contribution in [3.63, 3.8) is 0 Å². The lowest BCUT2D eigenvalue weighted by Crippen LogP contribution is -2.31. The normalized spacial score (nSPS) is 31.6. The standard InChI is InChI=1S/C9H17NO2.ClH/c11-6-8-5-9(7-10-8)1-3-12-4-2-9;/h8,10-11H,1-7H2;1H. The van der Waals surface area contributed by atoms with E-state index in [2.05, 4.69) is 5.32 Å². The second-order valence-corrected chi connectivity index (χ2v) is 4.08. The van der Waals surface area contributed by atoms with Crippen LogP contribution >= 0.6 is 12.4 Å². The molecule has 0 bridgehead atoms. The zero-order chi connectivity index (χ0) is 8.44. The predicted octanol–water partition coefficient (Wildman–Crippen LogP) is 0.559. The van der Waals surface area contributed by atoms with E-state index in [1.807, 2.05) is 0 Å². The summed E-state index contributed by atoms with van der Waals surface area (Å²) < 4.78 is 5.33. The van der Waals surface area contributed by atoms with E-state index in [1.54, 1.807) is 0 Å². The van der Waals surface area contributed by atoms with E-state index in [1.165, 1.54) is 0 Å². The number of hydrogen-bond acceptors (Lipinski definition) is 3. The van der Waals surface area contributed by atoms with Gasteiger partial charge in [0.1, 0.15) is 0 Å². The highest BCUT2D eigenvalue weighted by Gasteiger charge is 2.39. The van der Waals surface area contributed by atoms with Crippen LogP contribution in [0.4, 0.5) is 0 Å². The highest BCUT2D eigenvalue weighted by atomic mass is 35.5. The maximum absolute atomic E-state index is 8.99. The Kier molecular flexibility index (Phi) is 3.98. The Labute approximate surface area is 85.3 Å². The van der Waals surface area contributed by atoms with Gasteiger partial charge in [0, 0.05) is 25.8 Å². The fourth-order valence-electron chi connectivity index (χ4n) is 2.34. The molecular weight excluding hydrogens is 190 g/mol. The van der Waals surface area contributed by atoms with Gasteiger partial charge in [0.25, 0.3) is 0 Å². The summed E-state index contributed by atoms with van der Waals surface area (Å²) in [6.45, 7) is 3.16. The number of rotatable bonds is 1. The number of aliphatic hydroxyl groups excluding tert-OH is 1. The van der Waals surface area contributed by atoms with Gasteiger partial charge in [0.15, 0.2) is 0 Å². The van der Waals surface area contributed by atoms with Crippen LogP contribution in [0.2, 0.25) is 0 Å². The molecule has 2 aliphatic heterocycles. The van der Waals surface area contributed by atoms with Crippen molar-refractivity contribution in [2.45, 2.75) is 25.3 Å². The fraction of sp³-hybridized carbons (Fsp3) is 1.00. The predicted molar refractivity (Wildman–Crippen MR) is 53.2 cm³/mol. The van der Waals surface area contributed by atoms with E-state index in [-0.39, 0.29) is 19.0 Å². The van der Waals surface area contributed by atoms with Crippen LogP contribution in [0, 0.1) is 5.41 Å². The van der Waals surface area contributed by atoms with Gasteiger partial charge >= 0.3 is 0 Å². The highest BCUT2D eigenvalue weighted by Crippen LogP contribution is 2.38. The first-order valence-corrected chi connectivity index (χ1v) is 4.77. The molecule has 0 aromatic rings. The van der Waals surface area contributed by atoms with Crippen molar-refractivity contribution in [2.75, 3.05) is 26.4 Å². The summed E-state index contributed by atoms with van der Waals surface area (Å²) in [4.78, 5) is 0. The van der Waals surface area contributed by atoms with Crippen LogP contribution in [0.1, 0.15) is 19.3 Å². The van der Waals surface area contributed by atoms with Gasteiger partial charge in [-0.15, -0.1) is 12.4 Å². The third-order valence-corrected chi connectivity index (χ3v) is 3.22. The third-order valence-electron chi connectivity index (χ3n) is 3.22. The molecule has 1 unspecified atom stereocenters. The van der Waals surface area contributed by atoms with Gasteiger partial charge in [-0.25, -0.2) is 0 Å². The number of aliphatic hydroxyl groups is 1. The van der Waals surface area contributed by atoms with Gasteiger partial charge < -0.3 is 15.2 Å². The van der Waals surface area contributed by atoms with Gasteiger partial charge in [0.05, 0.1) is 6.61 Å². The molecule has 2 N–H and O–H groups in total. The molecule has 0 saturated carbocycles. The summed E-state index contributed by atoms with van der Waals surface area (Å²) in [6.07, 6.45) is 3.46. The van der Waals surface area contributed by atoms with Gasteiger partial charge in [-0.3, -0.25) is 0 Å². The van der Waals surface area contributed by atoms with E-state index in [0.717, 1.165) is 39.0 Å². The van der Waals surface area contributed by atoms with E-state index < -0.39 is 0 Å². The van der Waals surface area contributed by atoms with Crippen molar-refractivity contribution in [1.29, 1.82) is 0 Å². The van der Waals surface area contributed by atoms with Crippen LogP contribution in [0.15, 0.2) is 0 Å². The molecular formula is C9H18ClNO2. The molecule has 0 amide bonds. The van der Waals surface area contributed by atoms with E-state index in [4.69, 9.17) is 9.84 Å². The molecule has 4 heteroatoms. The number of ether oxygens (including phenoxy) is 1. The Morgan fingerprint density at radius 1 is 1.38 bits per heavy atom. The van der Waals surface area contributed by atoms with Crippen LogP contribution in [-0.4, -0.2) is 37.5 Å². The topological polar surface area (TPSA) is 41.5 Å². The number of hydrogen-bond donors (Lipinski definition) is 2. The lowest BCUT2D eigenvalue weighted by Gasteiger charge is -2.32. The van der Waals surface area contributed by atoms with Crippen LogP contribution in [0.3, 0.4) is 0 Å². The van der Waals surface area contributed by atoms with Crippen molar-refractivity contribution < 1.29 is 9.84 Å². The van der Waals surface area contributed by atoms with E-state index in [9.17, 15) is 0 Å². The monoisotopic (exact) mass is 207 g/mol. The second kappa shape index (κ2) is 4.60. The Hall–Kier alpha value is 0.170. The van der Waals surface area contributed by atoms with Crippen LogP contribution in [-0.2, 0) is 4.74 Å². The van der Waals surface area contributed by atoms with Crippen LogP contribution < -0.4 is 5.32 Å². The van der Waals surface area contributed by atoms with Crippen molar-refractivity contribution in [3.05, 3.63) is 0 Å². The lowest BCUT2D eigenvalue weighted by molar-refractivity contribution is 0.0226. The molecule has 78 valence electrons. The van der Waals surface area contributed by atoms with Crippen molar-refractivity contribution in [2.24, 2.45) is 5.41 Å². The van der Waals surface area contributed by atoms with Gasteiger partial charge in [-0.05, 0) is 24.7 Å². The Morgan fingerprint density at radius 2 is 2.08 bits per heavy atom. The van der Waals surface area contributed by atoms with Crippen LogP contribution in [0.5, 0.6) is 0 Å². The number of halogens is 1. The molecule has 0 aromatic carbocycles. The summed E-state index contributed by atoms with van der Waals surface area (Å²) in [5.74, 6) is 0. The average Bonchev–Trinajstić information content (AvgIpc) is 2.50. The molecule has 0 radical (unpaired) electrons. The molecule has 2 fully saturated rings. The van der Waals surface area contributed by atoms with Crippen LogP contribution in [0.25, 0.3) is 0 Å². The molecule has 0 aliphatic carbocycles. The minimum atomic E-state index is 0. The average molecular weight is 208 g/mol. The third kappa shape index (κ3) is 2.34. The van der Waals surface area contributed by atoms with Crippen molar-refractivity contribution in [3.8, 4) is 0 Å².